The van der Waals surface area contributed by atoms with Crippen LogP contribution in [0.15, 0.2) is 12.7 Å². The monoisotopic (exact) mass is 162 g/mol. The minimum absolute atomic E-state index is 0.0451. The summed E-state index contributed by atoms with van der Waals surface area (Å²) in [6.07, 6.45) is 4.33. The second-order valence-electron chi connectivity index (χ2n) is 2.78. The predicted octanol–water partition coefficient (Wildman–Crippen LogP) is 3.78. The van der Waals surface area contributed by atoms with Gasteiger partial charge in [0.25, 0.3) is 5.92 Å². The highest BCUT2D eigenvalue weighted by Crippen LogP contribution is 2.22. The third kappa shape index (κ3) is 6.02. The van der Waals surface area contributed by atoms with Crippen LogP contribution < -0.4 is 0 Å². The zero-order valence-electron chi connectivity index (χ0n) is 7.08. The lowest BCUT2D eigenvalue weighted by Crippen LogP contribution is -2.10. The Morgan fingerprint density at radius 3 is 2.36 bits per heavy atom. The zero-order valence-corrected chi connectivity index (χ0v) is 7.08. The summed E-state index contributed by atoms with van der Waals surface area (Å²) in [7, 11) is 0. The molecule has 0 N–H and O–H groups in total. The van der Waals surface area contributed by atoms with Crippen LogP contribution in [0.1, 0.15) is 39.0 Å². The molecular formula is C9H16F2. The van der Waals surface area contributed by atoms with Crippen molar-refractivity contribution in [2.75, 3.05) is 0 Å². The highest BCUT2D eigenvalue weighted by Gasteiger charge is 2.22. The predicted molar refractivity (Wildman–Crippen MR) is 43.9 cm³/mol. The molecule has 0 heterocycles. The number of halogens is 2. The molecule has 0 unspecified atom stereocenters. The van der Waals surface area contributed by atoms with Crippen LogP contribution in [0, 0.1) is 0 Å². The molecule has 0 aromatic rings. The van der Waals surface area contributed by atoms with Crippen molar-refractivity contribution in [1.82, 2.24) is 0 Å². The van der Waals surface area contributed by atoms with Crippen LogP contribution in [0.5, 0.6) is 0 Å². The van der Waals surface area contributed by atoms with Crippen LogP contribution in [-0.4, -0.2) is 5.92 Å². The summed E-state index contributed by atoms with van der Waals surface area (Å²) in [5.41, 5.74) is 0. The summed E-state index contributed by atoms with van der Waals surface area (Å²) >= 11 is 0. The number of alkyl halides is 2. The lowest BCUT2D eigenvalue weighted by Gasteiger charge is -2.09. The molecule has 0 bridgehead atoms. The molecule has 0 atom stereocenters. The van der Waals surface area contributed by atoms with Crippen LogP contribution >= 0.6 is 0 Å². The Hall–Kier alpha value is -0.400. The SMILES string of the molecule is C=CC(F)(F)CCCCCC. The van der Waals surface area contributed by atoms with E-state index in [0.29, 0.717) is 6.42 Å². The van der Waals surface area contributed by atoms with Crippen molar-refractivity contribution in [1.29, 1.82) is 0 Å². The van der Waals surface area contributed by atoms with Gasteiger partial charge in [0.2, 0.25) is 0 Å². The first-order valence-electron chi connectivity index (χ1n) is 4.14. The van der Waals surface area contributed by atoms with Crippen LogP contribution in [0.25, 0.3) is 0 Å². The molecule has 0 nitrogen and oxygen atoms in total. The van der Waals surface area contributed by atoms with Gasteiger partial charge in [-0.25, -0.2) is 8.78 Å². The molecule has 0 rings (SSSR count). The van der Waals surface area contributed by atoms with E-state index >= 15 is 0 Å². The van der Waals surface area contributed by atoms with E-state index in [2.05, 4.69) is 13.5 Å². The van der Waals surface area contributed by atoms with Gasteiger partial charge >= 0.3 is 0 Å². The van der Waals surface area contributed by atoms with E-state index in [1.807, 2.05) is 0 Å². The molecular weight excluding hydrogens is 146 g/mol. The van der Waals surface area contributed by atoms with Gasteiger partial charge in [0, 0.05) is 6.42 Å². The molecule has 0 aliphatic heterocycles. The summed E-state index contributed by atoms with van der Waals surface area (Å²) in [5, 5.41) is 0. The van der Waals surface area contributed by atoms with Crippen LogP contribution in [-0.2, 0) is 0 Å². The third-order valence-electron chi connectivity index (χ3n) is 1.66. The molecule has 11 heavy (non-hydrogen) atoms. The molecule has 0 amide bonds. The highest BCUT2D eigenvalue weighted by atomic mass is 19.3. The molecule has 0 saturated heterocycles. The lowest BCUT2D eigenvalue weighted by molar-refractivity contribution is 0.0431. The summed E-state index contributed by atoms with van der Waals surface area (Å²) in [6, 6.07) is 0. The average Bonchev–Trinajstić information content (AvgIpc) is 1.99. The second-order valence-corrected chi connectivity index (χ2v) is 2.78. The maximum atomic E-state index is 12.5. The van der Waals surface area contributed by atoms with Crippen molar-refractivity contribution in [3.05, 3.63) is 12.7 Å². The molecule has 0 aromatic heterocycles. The largest absolute Gasteiger partial charge is 0.266 e. The Kier molecular flexibility index (Phi) is 5.08. The van der Waals surface area contributed by atoms with Crippen molar-refractivity contribution in [2.45, 2.75) is 45.0 Å². The molecule has 0 fully saturated rings. The summed E-state index contributed by atoms with van der Waals surface area (Å²) in [6.45, 7) is 5.14. The van der Waals surface area contributed by atoms with Gasteiger partial charge in [0.1, 0.15) is 0 Å². The first-order chi connectivity index (χ1) is 5.12. The fraction of sp³-hybridized carbons (Fsp3) is 0.778. The summed E-state index contributed by atoms with van der Waals surface area (Å²) in [4.78, 5) is 0. The fourth-order valence-corrected chi connectivity index (χ4v) is 0.890. The maximum Gasteiger partial charge on any atom is 0.266 e. The molecule has 0 radical (unpaired) electrons. The van der Waals surface area contributed by atoms with Crippen molar-refractivity contribution in [3.63, 3.8) is 0 Å². The van der Waals surface area contributed by atoms with E-state index in [-0.39, 0.29) is 6.42 Å². The maximum absolute atomic E-state index is 12.5. The second kappa shape index (κ2) is 5.28. The van der Waals surface area contributed by atoms with E-state index in [9.17, 15) is 8.78 Å². The van der Waals surface area contributed by atoms with Crippen LogP contribution in [0.3, 0.4) is 0 Å². The number of rotatable bonds is 6. The number of unbranched alkanes of at least 4 members (excludes halogenated alkanes) is 3. The van der Waals surface area contributed by atoms with Crippen molar-refractivity contribution >= 4 is 0 Å². The normalized spacial score (nSPS) is 11.5. The topological polar surface area (TPSA) is 0 Å². The highest BCUT2D eigenvalue weighted by molar-refractivity contribution is 4.86. The fourth-order valence-electron chi connectivity index (χ4n) is 0.890. The molecule has 0 aromatic carbocycles. The van der Waals surface area contributed by atoms with E-state index in [0.717, 1.165) is 25.3 Å². The van der Waals surface area contributed by atoms with Crippen LogP contribution in [0.4, 0.5) is 8.78 Å². The minimum atomic E-state index is -2.65. The molecule has 0 aliphatic rings. The molecule has 0 spiro atoms. The standard InChI is InChI=1S/C9H16F2/c1-3-5-6-7-8-9(10,11)4-2/h4H,2-3,5-8H2,1H3. The van der Waals surface area contributed by atoms with Gasteiger partial charge in [0.05, 0.1) is 0 Å². The third-order valence-corrected chi connectivity index (χ3v) is 1.66. The van der Waals surface area contributed by atoms with Gasteiger partial charge in [-0.15, -0.1) is 0 Å². The Morgan fingerprint density at radius 1 is 1.27 bits per heavy atom. The minimum Gasteiger partial charge on any atom is -0.202 e. The van der Waals surface area contributed by atoms with Gasteiger partial charge in [-0.1, -0.05) is 32.8 Å². The molecule has 0 aliphatic carbocycles. The van der Waals surface area contributed by atoms with Crippen molar-refractivity contribution in [2.24, 2.45) is 0 Å². The van der Waals surface area contributed by atoms with E-state index in [1.54, 1.807) is 0 Å². The molecule has 66 valence electrons. The van der Waals surface area contributed by atoms with Gasteiger partial charge in [-0.2, -0.15) is 0 Å². The quantitative estimate of drug-likeness (QED) is 0.412. The Morgan fingerprint density at radius 2 is 1.91 bits per heavy atom. The van der Waals surface area contributed by atoms with E-state index in [4.69, 9.17) is 0 Å². The first-order valence-corrected chi connectivity index (χ1v) is 4.14. The van der Waals surface area contributed by atoms with Gasteiger partial charge < -0.3 is 0 Å². The molecule has 2 heteroatoms. The van der Waals surface area contributed by atoms with Gasteiger partial charge in [-0.3, -0.25) is 0 Å². The Labute approximate surface area is 67.3 Å². The summed E-state index contributed by atoms with van der Waals surface area (Å²) in [5.74, 6) is -2.65. The average molecular weight is 162 g/mol. The summed E-state index contributed by atoms with van der Waals surface area (Å²) < 4.78 is 24.9. The van der Waals surface area contributed by atoms with Crippen molar-refractivity contribution < 1.29 is 8.78 Å². The first kappa shape index (κ1) is 10.6. The number of hydrogen-bond acceptors (Lipinski definition) is 0. The van der Waals surface area contributed by atoms with E-state index in [1.165, 1.54) is 0 Å². The Bertz CT molecular complexity index is 108. The van der Waals surface area contributed by atoms with E-state index < -0.39 is 5.92 Å². The lowest BCUT2D eigenvalue weighted by atomic mass is 10.1. The van der Waals surface area contributed by atoms with Crippen LogP contribution in [0.2, 0.25) is 0 Å². The smallest absolute Gasteiger partial charge is 0.202 e. The van der Waals surface area contributed by atoms with Gasteiger partial charge in [0.15, 0.2) is 0 Å². The zero-order chi connectivity index (χ0) is 8.74. The number of hydrogen-bond donors (Lipinski definition) is 0. The Balaban J connectivity index is 3.30. The van der Waals surface area contributed by atoms with Crippen molar-refractivity contribution in [3.8, 4) is 0 Å². The molecule has 0 saturated carbocycles. The van der Waals surface area contributed by atoms with Gasteiger partial charge in [-0.05, 0) is 12.5 Å². The number of allylic oxidation sites excluding steroid dienone is 1.